The summed E-state index contributed by atoms with van der Waals surface area (Å²) in [5, 5.41) is 22.7. The molecule has 0 fully saturated rings. The molecule has 0 aliphatic heterocycles. The maximum Gasteiger partial charge on any atom is 0.573 e. The number of hydrogen-bond donors (Lipinski definition) is 4. The standard InChI is InChI=1S/C50H46ClF3N16O5/c1-24-21-69(8)66-35(24)40-61-37-32(25-9-11-27(33(51)15-25)18-56-42(71)44-64-46(67-74-44)48(2,3)4)17-30(59-41(37)63-40)23-70-22-29(20-58-70)38-60-36-31(13-14-55-39(36)62-38)26-10-12-28(34(16-26)73-50(52,53)54)19-57-43(72)45-65-47(68-75-45)49(5,6)7/h9-17,20-22H,18-19,23H2,1-8H3,(H,56,71)(H,57,72)(H,55,60,62)(H,59,61,63). The van der Waals surface area contributed by atoms with Crippen molar-refractivity contribution in [3.63, 3.8) is 0 Å². The van der Waals surface area contributed by atoms with Gasteiger partial charge in [0.05, 0.1) is 35.0 Å². The molecule has 10 aromatic rings. The molecule has 0 radical (unpaired) electrons. The Hall–Kier alpha value is -8.80. The Bertz CT molecular complexity index is 3820. The molecule has 8 aromatic heterocycles. The third-order valence-electron chi connectivity index (χ3n) is 11.8. The van der Waals surface area contributed by atoms with Gasteiger partial charge in [0.1, 0.15) is 17.3 Å². The Balaban J connectivity index is 0.910. The van der Waals surface area contributed by atoms with Gasteiger partial charge in [-0.2, -0.15) is 20.2 Å². The van der Waals surface area contributed by atoms with Crippen LogP contribution in [0.1, 0.15) is 96.9 Å². The molecule has 10 rings (SSSR count). The molecule has 21 nitrogen and oxygen atoms in total. The number of benzene rings is 2. The van der Waals surface area contributed by atoms with Gasteiger partial charge >= 0.3 is 30.0 Å². The number of aromatic amines is 2. The Kier molecular flexibility index (Phi) is 12.5. The van der Waals surface area contributed by atoms with Crippen LogP contribution < -0.4 is 15.4 Å². The number of hydrogen-bond acceptors (Lipinski definition) is 15. The van der Waals surface area contributed by atoms with E-state index in [1.54, 1.807) is 40.0 Å². The maximum absolute atomic E-state index is 13.8. The van der Waals surface area contributed by atoms with Crippen molar-refractivity contribution in [2.45, 2.75) is 85.3 Å². The summed E-state index contributed by atoms with van der Waals surface area (Å²) in [7, 11) is 1.83. The molecule has 2 aromatic carbocycles. The minimum atomic E-state index is -5.04. The first-order chi connectivity index (χ1) is 35.5. The highest BCUT2D eigenvalue weighted by molar-refractivity contribution is 6.31. The maximum atomic E-state index is 13.8. The molecular weight excluding hydrogens is 997 g/mol. The molecule has 8 heterocycles. The predicted octanol–water partition coefficient (Wildman–Crippen LogP) is 8.96. The van der Waals surface area contributed by atoms with Crippen molar-refractivity contribution in [1.29, 1.82) is 0 Å². The number of amides is 2. The number of H-pyrrole nitrogens is 2. The summed E-state index contributed by atoms with van der Waals surface area (Å²) in [4.78, 5) is 59.7. The molecular formula is C50H46ClF3N16O5. The first-order valence-corrected chi connectivity index (χ1v) is 23.6. The van der Waals surface area contributed by atoms with Crippen LogP contribution in [-0.4, -0.2) is 87.9 Å². The van der Waals surface area contributed by atoms with E-state index in [2.05, 4.69) is 60.8 Å². The number of halogens is 4. The minimum Gasteiger partial charge on any atom is -0.405 e. The second-order valence-electron chi connectivity index (χ2n) is 19.7. The van der Waals surface area contributed by atoms with Gasteiger partial charge in [0.2, 0.25) is 0 Å². The summed E-state index contributed by atoms with van der Waals surface area (Å²) in [6.07, 6.45) is 1.73. The monoisotopic (exact) mass is 1040 g/mol. The molecule has 0 spiro atoms. The lowest BCUT2D eigenvalue weighted by Crippen LogP contribution is -2.25. The third kappa shape index (κ3) is 10.5. The second kappa shape index (κ2) is 18.9. The number of rotatable bonds is 13. The Labute approximate surface area is 428 Å². The average Bonchev–Trinajstić information content (AvgIpc) is 4.21. The third-order valence-corrected chi connectivity index (χ3v) is 12.2. The largest absolute Gasteiger partial charge is 0.573 e. The normalized spacial score (nSPS) is 12.3. The summed E-state index contributed by atoms with van der Waals surface area (Å²) in [5.41, 5.74) is 6.65. The van der Waals surface area contributed by atoms with Gasteiger partial charge in [0.15, 0.2) is 28.8 Å². The number of aromatic nitrogens is 14. The van der Waals surface area contributed by atoms with E-state index in [4.69, 9.17) is 35.6 Å². The lowest BCUT2D eigenvalue weighted by atomic mass is 9.96. The van der Waals surface area contributed by atoms with E-state index in [9.17, 15) is 22.8 Å². The van der Waals surface area contributed by atoms with Crippen molar-refractivity contribution in [3.8, 4) is 50.9 Å². The number of nitrogens with zero attached hydrogens (tertiary/aromatic N) is 12. The smallest absolute Gasteiger partial charge is 0.405 e. The number of ether oxygens (including phenoxy) is 1. The van der Waals surface area contributed by atoms with E-state index < -0.39 is 34.8 Å². The minimum absolute atomic E-state index is 0.0387. The number of imidazole rings is 2. The predicted molar refractivity (Wildman–Crippen MR) is 266 cm³/mol. The number of fused-ring (bicyclic) bond motifs is 2. The van der Waals surface area contributed by atoms with E-state index >= 15 is 0 Å². The Morgan fingerprint density at radius 2 is 1.35 bits per heavy atom. The van der Waals surface area contributed by atoms with Crippen LogP contribution >= 0.6 is 11.6 Å². The Morgan fingerprint density at radius 1 is 0.733 bits per heavy atom. The van der Waals surface area contributed by atoms with Crippen molar-refractivity contribution in [2.75, 3.05) is 0 Å². The number of aryl methyl sites for hydroxylation is 2. The van der Waals surface area contributed by atoms with Gasteiger partial charge in [0, 0.05) is 71.3 Å². The summed E-state index contributed by atoms with van der Waals surface area (Å²) < 4.78 is 59.5. The van der Waals surface area contributed by atoms with Gasteiger partial charge < -0.3 is 34.4 Å². The van der Waals surface area contributed by atoms with Crippen molar-refractivity contribution >= 4 is 45.7 Å². The molecule has 4 N–H and O–H groups in total. The van der Waals surface area contributed by atoms with Gasteiger partial charge in [-0.1, -0.05) is 87.7 Å². The highest BCUT2D eigenvalue weighted by Gasteiger charge is 2.33. The zero-order chi connectivity index (χ0) is 53.1. The number of carbonyl (C=O) groups excluding carboxylic acids is 2. The fraction of sp³-hybridized carbons (Fsp3) is 0.280. The molecule has 0 saturated carbocycles. The van der Waals surface area contributed by atoms with E-state index in [0.717, 1.165) is 16.7 Å². The fourth-order valence-corrected chi connectivity index (χ4v) is 8.26. The molecule has 2 amide bonds. The van der Waals surface area contributed by atoms with Gasteiger partial charge in [-0.15, -0.1) is 13.2 Å². The lowest BCUT2D eigenvalue weighted by molar-refractivity contribution is -0.274. The highest BCUT2D eigenvalue weighted by atomic mass is 35.5. The summed E-state index contributed by atoms with van der Waals surface area (Å²) in [5.74, 6) is -0.681. The van der Waals surface area contributed by atoms with Crippen LogP contribution in [-0.2, 0) is 37.5 Å². The quantitative estimate of drug-likeness (QED) is 0.0839. The molecule has 0 bridgehead atoms. The molecule has 0 aliphatic carbocycles. The topological polar surface area (TPSA) is 264 Å². The van der Waals surface area contributed by atoms with Crippen molar-refractivity contribution in [2.24, 2.45) is 7.05 Å². The number of alkyl halides is 3. The zero-order valence-corrected chi connectivity index (χ0v) is 42.2. The first-order valence-electron chi connectivity index (χ1n) is 23.2. The lowest BCUT2D eigenvalue weighted by Gasteiger charge is -2.15. The van der Waals surface area contributed by atoms with Crippen LogP contribution in [0.25, 0.3) is 67.5 Å². The van der Waals surface area contributed by atoms with Crippen LogP contribution in [0.5, 0.6) is 5.75 Å². The van der Waals surface area contributed by atoms with Crippen LogP contribution in [0.3, 0.4) is 0 Å². The van der Waals surface area contributed by atoms with Gasteiger partial charge in [0.25, 0.3) is 0 Å². The van der Waals surface area contributed by atoms with E-state index in [1.807, 2.05) is 79.9 Å². The number of nitrogens with one attached hydrogen (secondary N) is 4. The SMILES string of the molecule is Cc1cn(C)nc1-c1nc2nc(Cn3cc(-c4nc5nccc(-c6ccc(CNC(=O)c7nc(C(C)(C)C)no7)c(OC(F)(F)F)c6)c5[nH]4)cn3)cc(-c3ccc(CNC(=O)c4nc(C(C)(C)C)no4)c(Cl)c3)c2[nH]1. The van der Waals surface area contributed by atoms with Crippen LogP contribution in [0.15, 0.2) is 82.4 Å². The fourth-order valence-electron chi connectivity index (χ4n) is 8.02. The van der Waals surface area contributed by atoms with Crippen molar-refractivity contribution < 1.29 is 36.5 Å². The van der Waals surface area contributed by atoms with E-state index in [-0.39, 0.29) is 37.0 Å². The summed E-state index contributed by atoms with van der Waals surface area (Å²) in [6.45, 7) is 13.2. The van der Waals surface area contributed by atoms with Gasteiger partial charge in [-0.3, -0.25) is 19.0 Å². The molecule has 0 aliphatic rings. The molecule has 0 saturated heterocycles. The van der Waals surface area contributed by atoms with Crippen LogP contribution in [0.2, 0.25) is 5.02 Å². The second-order valence-corrected chi connectivity index (χ2v) is 20.1. The van der Waals surface area contributed by atoms with Crippen LogP contribution in [0, 0.1) is 6.92 Å². The van der Waals surface area contributed by atoms with Crippen molar-refractivity contribution in [1.82, 2.24) is 80.4 Å². The van der Waals surface area contributed by atoms with Crippen molar-refractivity contribution in [3.05, 3.63) is 124 Å². The Morgan fingerprint density at radius 3 is 1.96 bits per heavy atom. The van der Waals surface area contributed by atoms with Gasteiger partial charge in [-0.25, -0.2) is 19.9 Å². The number of pyridine rings is 2. The number of carbonyl (C=O) groups is 2. The van der Waals surface area contributed by atoms with E-state index in [0.29, 0.717) is 84.3 Å². The molecule has 75 heavy (non-hydrogen) atoms. The first kappa shape index (κ1) is 49.8. The molecule has 25 heteroatoms. The summed E-state index contributed by atoms with van der Waals surface area (Å²) in [6, 6.07) is 13.3. The highest BCUT2D eigenvalue weighted by Crippen LogP contribution is 2.36. The zero-order valence-electron chi connectivity index (χ0n) is 41.5. The van der Waals surface area contributed by atoms with Crippen LogP contribution in [0.4, 0.5) is 13.2 Å². The molecule has 0 atom stereocenters. The summed E-state index contributed by atoms with van der Waals surface area (Å²) >= 11 is 6.89. The average molecular weight is 1040 g/mol. The van der Waals surface area contributed by atoms with Gasteiger partial charge in [-0.05, 0) is 53.4 Å². The van der Waals surface area contributed by atoms with E-state index in [1.165, 1.54) is 18.3 Å². The molecule has 384 valence electrons. The molecule has 0 unspecified atom stereocenters.